The summed E-state index contributed by atoms with van der Waals surface area (Å²) in [5.41, 5.74) is 8.70. The summed E-state index contributed by atoms with van der Waals surface area (Å²) >= 11 is 0. The average molecular weight is 263 g/mol. The third-order valence-corrected chi connectivity index (χ3v) is 4.77. The zero-order chi connectivity index (χ0) is 13.9. The van der Waals surface area contributed by atoms with Crippen LogP contribution in [0.25, 0.3) is 0 Å². The number of hydrogen-bond donors (Lipinski definition) is 1. The third-order valence-electron chi connectivity index (χ3n) is 4.77. The fraction of sp³-hybridized carbons (Fsp3) is 0.647. The smallest absolute Gasteiger partial charge is 0.123 e. The van der Waals surface area contributed by atoms with Crippen LogP contribution in [0.2, 0.25) is 0 Å². The lowest BCUT2D eigenvalue weighted by Crippen LogP contribution is -2.41. The molecule has 1 saturated carbocycles. The van der Waals surface area contributed by atoms with Gasteiger partial charge in [-0.2, -0.15) is 0 Å². The molecule has 2 atom stereocenters. The molecule has 0 saturated heterocycles. The maximum atomic E-state index is 13.4. The van der Waals surface area contributed by atoms with Crippen LogP contribution in [0, 0.1) is 18.7 Å². The molecule has 1 aromatic rings. The van der Waals surface area contributed by atoms with E-state index < -0.39 is 0 Å². The van der Waals surface area contributed by atoms with Gasteiger partial charge >= 0.3 is 0 Å². The lowest BCUT2D eigenvalue weighted by molar-refractivity contribution is 0.357. The molecule has 0 amide bonds. The van der Waals surface area contributed by atoms with E-state index in [-0.39, 0.29) is 11.4 Å². The van der Waals surface area contributed by atoms with Gasteiger partial charge in [-0.3, -0.25) is 0 Å². The molecule has 0 heterocycles. The highest BCUT2D eigenvalue weighted by molar-refractivity contribution is 5.28. The van der Waals surface area contributed by atoms with E-state index in [9.17, 15) is 4.39 Å². The highest BCUT2D eigenvalue weighted by atomic mass is 19.1. The van der Waals surface area contributed by atoms with Crippen molar-refractivity contribution < 1.29 is 4.39 Å². The van der Waals surface area contributed by atoms with Gasteiger partial charge in [0.2, 0.25) is 0 Å². The van der Waals surface area contributed by atoms with Crippen molar-refractivity contribution in [3.8, 4) is 0 Å². The topological polar surface area (TPSA) is 26.0 Å². The van der Waals surface area contributed by atoms with Crippen LogP contribution in [0.5, 0.6) is 0 Å². The van der Waals surface area contributed by atoms with E-state index in [2.05, 4.69) is 6.92 Å². The molecule has 1 aromatic carbocycles. The lowest BCUT2D eigenvalue weighted by Gasteiger charge is -2.29. The Bertz CT molecular complexity index is 429. The van der Waals surface area contributed by atoms with Crippen LogP contribution in [0.4, 0.5) is 4.39 Å². The van der Waals surface area contributed by atoms with Gasteiger partial charge in [-0.05, 0) is 61.8 Å². The number of benzene rings is 1. The van der Waals surface area contributed by atoms with Crippen molar-refractivity contribution in [3.63, 3.8) is 0 Å². The predicted octanol–water partition coefficient (Wildman–Crippen LogP) is 4.36. The van der Waals surface area contributed by atoms with Gasteiger partial charge in [0.05, 0.1) is 0 Å². The van der Waals surface area contributed by atoms with Crippen molar-refractivity contribution >= 4 is 0 Å². The van der Waals surface area contributed by atoms with E-state index in [0.717, 1.165) is 36.3 Å². The van der Waals surface area contributed by atoms with Crippen molar-refractivity contribution in [2.24, 2.45) is 11.7 Å². The van der Waals surface area contributed by atoms with Crippen LogP contribution in [0.1, 0.15) is 56.6 Å². The fourth-order valence-corrected chi connectivity index (χ4v) is 3.30. The van der Waals surface area contributed by atoms with Crippen LogP contribution in [-0.4, -0.2) is 5.54 Å². The van der Waals surface area contributed by atoms with Gasteiger partial charge in [0, 0.05) is 5.54 Å². The molecule has 2 unspecified atom stereocenters. The van der Waals surface area contributed by atoms with E-state index in [1.165, 1.54) is 31.7 Å². The minimum atomic E-state index is -0.149. The van der Waals surface area contributed by atoms with Gasteiger partial charge < -0.3 is 5.73 Å². The monoisotopic (exact) mass is 263 g/mol. The molecule has 0 aliphatic heterocycles. The zero-order valence-corrected chi connectivity index (χ0v) is 12.2. The molecular weight excluding hydrogens is 237 g/mol. The minimum absolute atomic E-state index is 0.136. The molecule has 106 valence electrons. The Morgan fingerprint density at radius 3 is 2.84 bits per heavy atom. The normalized spacial score (nSPS) is 28.1. The first-order valence-corrected chi connectivity index (χ1v) is 7.56. The van der Waals surface area contributed by atoms with Gasteiger partial charge in [-0.15, -0.1) is 0 Å². The quantitative estimate of drug-likeness (QED) is 0.805. The number of aryl methyl sites for hydroxylation is 1. The van der Waals surface area contributed by atoms with E-state index in [4.69, 9.17) is 5.73 Å². The maximum absolute atomic E-state index is 13.4. The van der Waals surface area contributed by atoms with Gasteiger partial charge in [0.25, 0.3) is 0 Å². The van der Waals surface area contributed by atoms with Crippen molar-refractivity contribution in [1.29, 1.82) is 0 Å². The number of halogens is 1. The first-order chi connectivity index (χ1) is 9.02. The van der Waals surface area contributed by atoms with Crippen molar-refractivity contribution in [3.05, 3.63) is 35.1 Å². The van der Waals surface area contributed by atoms with Crippen LogP contribution in [0.15, 0.2) is 18.2 Å². The molecule has 19 heavy (non-hydrogen) atoms. The summed E-state index contributed by atoms with van der Waals surface area (Å²) in [4.78, 5) is 0. The molecule has 0 aromatic heterocycles. The van der Waals surface area contributed by atoms with Gasteiger partial charge in [0.15, 0.2) is 0 Å². The largest absolute Gasteiger partial charge is 0.325 e. The van der Waals surface area contributed by atoms with Crippen molar-refractivity contribution in [2.75, 3.05) is 0 Å². The molecule has 1 fully saturated rings. The molecular formula is C17H26FN. The SMILES string of the molecule is CCC1CCCC(N)(Cc2cc(F)ccc2C)CC1. The van der Waals surface area contributed by atoms with Crippen LogP contribution in [0.3, 0.4) is 0 Å². The molecule has 0 radical (unpaired) electrons. The van der Waals surface area contributed by atoms with Crippen LogP contribution in [-0.2, 0) is 6.42 Å². The Morgan fingerprint density at radius 1 is 1.32 bits per heavy atom. The van der Waals surface area contributed by atoms with Crippen molar-refractivity contribution in [1.82, 2.24) is 0 Å². The summed E-state index contributed by atoms with van der Waals surface area (Å²) in [5, 5.41) is 0. The summed E-state index contributed by atoms with van der Waals surface area (Å²) in [6.07, 6.45) is 7.95. The molecule has 1 aliphatic carbocycles. The minimum Gasteiger partial charge on any atom is -0.325 e. The van der Waals surface area contributed by atoms with Crippen LogP contribution >= 0.6 is 0 Å². The summed E-state index contributed by atoms with van der Waals surface area (Å²) in [6.45, 7) is 4.31. The number of hydrogen-bond acceptors (Lipinski definition) is 1. The van der Waals surface area contributed by atoms with Gasteiger partial charge in [-0.1, -0.05) is 32.3 Å². The molecule has 2 N–H and O–H groups in total. The lowest BCUT2D eigenvalue weighted by atomic mass is 9.83. The molecule has 0 spiro atoms. The standard InChI is InChI=1S/C17H26FN/c1-3-14-5-4-9-17(19,10-8-14)12-15-11-16(18)7-6-13(15)2/h6-7,11,14H,3-5,8-10,12,19H2,1-2H3. The van der Waals surface area contributed by atoms with E-state index in [1.807, 2.05) is 13.0 Å². The second-order valence-electron chi connectivity index (χ2n) is 6.32. The molecule has 2 heteroatoms. The van der Waals surface area contributed by atoms with E-state index >= 15 is 0 Å². The Balaban J connectivity index is 2.10. The van der Waals surface area contributed by atoms with Crippen molar-refractivity contribution in [2.45, 2.75) is 64.3 Å². The Labute approximate surface area is 116 Å². The average Bonchev–Trinajstić information content (AvgIpc) is 2.56. The second kappa shape index (κ2) is 6.04. The fourth-order valence-electron chi connectivity index (χ4n) is 3.30. The predicted molar refractivity (Wildman–Crippen MR) is 78.6 cm³/mol. The third kappa shape index (κ3) is 3.79. The Kier molecular flexibility index (Phi) is 4.62. The molecule has 0 bridgehead atoms. The molecule has 1 aliphatic rings. The van der Waals surface area contributed by atoms with E-state index in [1.54, 1.807) is 6.07 Å². The summed E-state index contributed by atoms with van der Waals surface area (Å²) < 4.78 is 13.4. The van der Waals surface area contributed by atoms with E-state index in [0.29, 0.717) is 0 Å². The Hall–Kier alpha value is -0.890. The second-order valence-corrected chi connectivity index (χ2v) is 6.32. The van der Waals surface area contributed by atoms with Gasteiger partial charge in [-0.25, -0.2) is 4.39 Å². The maximum Gasteiger partial charge on any atom is 0.123 e. The molecule has 2 rings (SSSR count). The first kappa shape index (κ1) is 14.5. The summed E-state index contributed by atoms with van der Waals surface area (Å²) in [7, 11) is 0. The summed E-state index contributed by atoms with van der Waals surface area (Å²) in [5.74, 6) is 0.684. The summed E-state index contributed by atoms with van der Waals surface area (Å²) in [6, 6.07) is 5.05. The van der Waals surface area contributed by atoms with Crippen LogP contribution < -0.4 is 5.73 Å². The number of nitrogens with two attached hydrogens (primary N) is 1. The number of rotatable bonds is 3. The zero-order valence-electron chi connectivity index (χ0n) is 12.2. The van der Waals surface area contributed by atoms with Gasteiger partial charge in [0.1, 0.15) is 5.82 Å². The first-order valence-electron chi connectivity index (χ1n) is 7.56. The highest BCUT2D eigenvalue weighted by Crippen LogP contribution is 2.33. The highest BCUT2D eigenvalue weighted by Gasteiger charge is 2.29. The molecule has 1 nitrogen and oxygen atoms in total. The Morgan fingerprint density at radius 2 is 2.11 bits per heavy atom.